The summed E-state index contributed by atoms with van der Waals surface area (Å²) in [5, 5.41) is 22.3. The van der Waals surface area contributed by atoms with E-state index in [0.717, 1.165) is 24.9 Å². The van der Waals surface area contributed by atoms with Gasteiger partial charge >= 0.3 is 0 Å². The van der Waals surface area contributed by atoms with E-state index in [-0.39, 0.29) is 17.7 Å². The SMILES string of the molecule is C=C(c1ccc(-c2ccc(-n3ccnc3)cc2O)nn1)[C@H]1C[C@@H]2CC[C@@H](N2)[C@@H]1F. The van der Waals surface area contributed by atoms with E-state index in [1.54, 1.807) is 36.9 Å². The van der Waals surface area contributed by atoms with E-state index in [0.29, 0.717) is 28.6 Å². The predicted molar refractivity (Wildman–Crippen MR) is 108 cm³/mol. The zero-order chi connectivity index (χ0) is 20.0. The van der Waals surface area contributed by atoms with Crippen molar-refractivity contribution in [3.63, 3.8) is 0 Å². The molecule has 2 bridgehead atoms. The van der Waals surface area contributed by atoms with Gasteiger partial charge < -0.3 is 15.0 Å². The second-order valence-electron chi connectivity index (χ2n) is 7.83. The fourth-order valence-corrected chi connectivity index (χ4v) is 4.48. The van der Waals surface area contributed by atoms with Crippen molar-refractivity contribution >= 4 is 5.57 Å². The summed E-state index contributed by atoms with van der Waals surface area (Å²) in [6.45, 7) is 4.13. The largest absolute Gasteiger partial charge is 0.507 e. The second kappa shape index (κ2) is 7.08. The highest BCUT2D eigenvalue weighted by atomic mass is 19.1. The zero-order valence-electron chi connectivity index (χ0n) is 15.9. The Bertz CT molecular complexity index is 1030. The second-order valence-corrected chi connectivity index (χ2v) is 7.83. The number of benzene rings is 1. The van der Waals surface area contributed by atoms with E-state index in [2.05, 4.69) is 27.1 Å². The number of fused-ring (bicyclic) bond motifs is 2. The number of hydrogen-bond donors (Lipinski definition) is 2. The highest BCUT2D eigenvalue weighted by molar-refractivity contribution is 5.70. The Labute approximate surface area is 168 Å². The van der Waals surface area contributed by atoms with Gasteiger partial charge in [0.15, 0.2) is 0 Å². The first-order valence-corrected chi connectivity index (χ1v) is 9.85. The Kier molecular flexibility index (Phi) is 4.39. The molecule has 0 spiro atoms. The number of piperidine rings is 1. The van der Waals surface area contributed by atoms with Crippen molar-refractivity contribution in [3.8, 4) is 22.7 Å². The van der Waals surface area contributed by atoms with Gasteiger partial charge in [-0.15, -0.1) is 5.10 Å². The lowest BCUT2D eigenvalue weighted by molar-refractivity contribution is 0.167. The maximum absolute atomic E-state index is 14.8. The number of phenols is 1. The number of alkyl halides is 1. The number of aromatic nitrogens is 4. The van der Waals surface area contributed by atoms with Crippen molar-refractivity contribution in [2.45, 2.75) is 37.5 Å². The van der Waals surface area contributed by atoms with Gasteiger partial charge in [-0.1, -0.05) is 6.58 Å². The Morgan fingerprint density at radius 2 is 2.10 bits per heavy atom. The van der Waals surface area contributed by atoms with Gasteiger partial charge in [-0.05, 0) is 49.1 Å². The van der Waals surface area contributed by atoms with Crippen molar-refractivity contribution < 1.29 is 9.50 Å². The monoisotopic (exact) mass is 391 g/mol. The fourth-order valence-electron chi connectivity index (χ4n) is 4.48. The standard InChI is InChI=1S/C22H22FN5O/c1-13(17-10-14-2-5-20(25-14)22(17)23)18-6-7-19(27-26-18)16-4-3-15(11-21(16)29)28-9-8-24-12-28/h3-4,6-9,11-12,14,17,20,22,25,29H,1-2,5,10H2/t14-,17+,20+,22+/m0/s1. The molecular formula is C22H22FN5O. The van der Waals surface area contributed by atoms with Crippen LogP contribution in [-0.2, 0) is 0 Å². The molecule has 148 valence electrons. The number of nitrogens with zero attached hydrogens (tertiary/aromatic N) is 4. The van der Waals surface area contributed by atoms with E-state index >= 15 is 0 Å². The molecule has 2 aliphatic heterocycles. The third-order valence-electron chi connectivity index (χ3n) is 6.08. The normalized spacial score (nSPS) is 25.8. The molecule has 2 aliphatic rings. The topological polar surface area (TPSA) is 75.9 Å². The van der Waals surface area contributed by atoms with Gasteiger partial charge in [0.25, 0.3) is 0 Å². The van der Waals surface area contributed by atoms with Gasteiger partial charge in [0, 0.05) is 42.0 Å². The van der Waals surface area contributed by atoms with Crippen molar-refractivity contribution in [2.75, 3.05) is 0 Å². The van der Waals surface area contributed by atoms with E-state index in [1.165, 1.54) is 0 Å². The van der Waals surface area contributed by atoms with E-state index in [9.17, 15) is 9.50 Å². The lowest BCUT2D eigenvalue weighted by atomic mass is 9.83. The first-order chi connectivity index (χ1) is 14.1. The number of phenolic OH excluding ortho intramolecular Hbond substituents is 1. The molecule has 1 aromatic carbocycles. The van der Waals surface area contributed by atoms with Crippen LogP contribution in [0, 0.1) is 5.92 Å². The van der Waals surface area contributed by atoms with Crippen molar-refractivity contribution in [1.82, 2.24) is 25.1 Å². The van der Waals surface area contributed by atoms with E-state index < -0.39 is 6.17 Å². The molecule has 2 saturated heterocycles. The molecular weight excluding hydrogens is 369 g/mol. The van der Waals surface area contributed by atoms with E-state index in [1.807, 2.05) is 16.7 Å². The Morgan fingerprint density at radius 1 is 1.21 bits per heavy atom. The maximum Gasteiger partial charge on any atom is 0.127 e. The van der Waals surface area contributed by atoms with Crippen LogP contribution >= 0.6 is 0 Å². The van der Waals surface area contributed by atoms with Crippen LogP contribution in [0.2, 0.25) is 0 Å². The number of hydrogen-bond acceptors (Lipinski definition) is 5. The molecule has 6 nitrogen and oxygen atoms in total. The number of halogens is 1. The summed E-state index contributed by atoms with van der Waals surface area (Å²) in [6, 6.07) is 9.23. The lowest BCUT2D eigenvalue weighted by Gasteiger charge is -2.33. The molecule has 3 aromatic rings. The molecule has 0 unspecified atom stereocenters. The highest BCUT2D eigenvalue weighted by Gasteiger charge is 2.43. The molecule has 29 heavy (non-hydrogen) atoms. The van der Waals surface area contributed by atoms with Crippen LogP contribution in [0.3, 0.4) is 0 Å². The molecule has 5 rings (SSSR count). The lowest BCUT2D eigenvalue weighted by Crippen LogP contribution is -2.47. The molecule has 2 aromatic heterocycles. The Morgan fingerprint density at radius 3 is 2.83 bits per heavy atom. The van der Waals surface area contributed by atoms with Crippen LogP contribution in [0.5, 0.6) is 5.75 Å². The number of allylic oxidation sites excluding steroid dienone is 1. The Hall–Kier alpha value is -3.06. The summed E-state index contributed by atoms with van der Waals surface area (Å²) in [4.78, 5) is 4.01. The fraction of sp³-hybridized carbons (Fsp3) is 0.318. The summed E-state index contributed by atoms with van der Waals surface area (Å²) >= 11 is 0. The molecule has 2 fully saturated rings. The van der Waals surface area contributed by atoms with Gasteiger partial charge in [-0.3, -0.25) is 0 Å². The number of rotatable bonds is 4. The molecule has 7 heteroatoms. The van der Waals surface area contributed by atoms with Gasteiger partial charge in [-0.2, -0.15) is 5.10 Å². The smallest absolute Gasteiger partial charge is 0.127 e. The molecule has 0 saturated carbocycles. The minimum atomic E-state index is -0.942. The molecule has 0 amide bonds. The van der Waals surface area contributed by atoms with Crippen molar-refractivity contribution in [2.24, 2.45) is 5.92 Å². The number of imidazole rings is 1. The van der Waals surface area contributed by atoms with Gasteiger partial charge in [0.05, 0.1) is 23.4 Å². The summed E-state index contributed by atoms with van der Waals surface area (Å²) in [7, 11) is 0. The van der Waals surface area contributed by atoms with Crippen molar-refractivity contribution in [1.29, 1.82) is 0 Å². The zero-order valence-corrected chi connectivity index (χ0v) is 15.9. The average Bonchev–Trinajstić information content (AvgIpc) is 3.41. The quantitative estimate of drug-likeness (QED) is 0.712. The van der Waals surface area contributed by atoms with Crippen LogP contribution in [0.15, 0.2) is 55.6 Å². The van der Waals surface area contributed by atoms with Crippen LogP contribution < -0.4 is 5.32 Å². The van der Waals surface area contributed by atoms with Gasteiger partial charge in [-0.25, -0.2) is 9.37 Å². The first-order valence-electron chi connectivity index (χ1n) is 9.85. The van der Waals surface area contributed by atoms with Crippen LogP contribution in [0.1, 0.15) is 25.0 Å². The van der Waals surface area contributed by atoms with Crippen molar-refractivity contribution in [3.05, 3.63) is 61.3 Å². The number of nitrogens with one attached hydrogen (secondary N) is 1. The summed E-state index contributed by atoms with van der Waals surface area (Å²) in [5.41, 5.74) is 3.25. The average molecular weight is 391 g/mol. The molecule has 4 atom stereocenters. The molecule has 0 aliphatic carbocycles. The predicted octanol–water partition coefficient (Wildman–Crippen LogP) is 3.53. The Balaban J connectivity index is 1.37. The summed E-state index contributed by atoms with van der Waals surface area (Å²) < 4.78 is 16.6. The summed E-state index contributed by atoms with van der Waals surface area (Å²) in [6.07, 6.45) is 6.86. The third kappa shape index (κ3) is 3.21. The highest BCUT2D eigenvalue weighted by Crippen LogP contribution is 2.39. The minimum absolute atomic E-state index is 0.0753. The molecule has 2 N–H and O–H groups in total. The van der Waals surface area contributed by atoms with Crippen LogP contribution in [-0.4, -0.2) is 43.1 Å². The molecule has 0 radical (unpaired) electrons. The summed E-state index contributed by atoms with van der Waals surface area (Å²) in [5.74, 6) is -0.118. The maximum atomic E-state index is 14.8. The first kappa shape index (κ1) is 18.0. The minimum Gasteiger partial charge on any atom is -0.507 e. The van der Waals surface area contributed by atoms with E-state index in [4.69, 9.17) is 0 Å². The van der Waals surface area contributed by atoms with Crippen LogP contribution in [0.25, 0.3) is 22.5 Å². The third-order valence-corrected chi connectivity index (χ3v) is 6.08. The molecule has 4 heterocycles. The van der Waals surface area contributed by atoms with Crippen LogP contribution in [0.4, 0.5) is 4.39 Å². The van der Waals surface area contributed by atoms with Gasteiger partial charge in [0.1, 0.15) is 11.9 Å². The van der Waals surface area contributed by atoms with Gasteiger partial charge in [0.2, 0.25) is 0 Å². The number of aromatic hydroxyl groups is 1.